The summed E-state index contributed by atoms with van der Waals surface area (Å²) in [7, 11) is 0. The average Bonchev–Trinajstić information content (AvgIpc) is 2.87. The minimum absolute atomic E-state index is 0.497. The van der Waals surface area contributed by atoms with Gasteiger partial charge in [0.15, 0.2) is 0 Å². The monoisotopic (exact) mass is 327 g/mol. The molecule has 0 atom stereocenters. The van der Waals surface area contributed by atoms with Crippen molar-refractivity contribution >= 4 is 27.3 Å². The van der Waals surface area contributed by atoms with Gasteiger partial charge in [-0.25, -0.2) is 0 Å². The number of rotatable bonds is 5. The molecule has 0 saturated heterocycles. The fourth-order valence-corrected chi connectivity index (χ4v) is 3.34. The standard InChI is InChI=1S/C14H18BrNOS/c1-10(2)16(8-12-5-4-11(3)17-12)9-13-6-7-14(15)18-13/h4-7,10H,8-9H2,1-3H3. The molecule has 0 fully saturated rings. The molecule has 2 aromatic heterocycles. The molecule has 0 bridgehead atoms. The van der Waals surface area contributed by atoms with Crippen LogP contribution in [0.15, 0.2) is 32.5 Å². The topological polar surface area (TPSA) is 16.4 Å². The third kappa shape index (κ3) is 3.70. The molecule has 0 spiro atoms. The minimum Gasteiger partial charge on any atom is -0.465 e. The zero-order chi connectivity index (χ0) is 13.1. The number of aryl methyl sites for hydroxylation is 1. The van der Waals surface area contributed by atoms with Crippen molar-refractivity contribution < 1.29 is 4.42 Å². The molecule has 98 valence electrons. The van der Waals surface area contributed by atoms with Crippen molar-refractivity contribution in [1.82, 2.24) is 4.90 Å². The average molecular weight is 328 g/mol. The van der Waals surface area contributed by atoms with Gasteiger partial charge in [-0.1, -0.05) is 0 Å². The van der Waals surface area contributed by atoms with Crippen LogP contribution in [0.2, 0.25) is 0 Å². The Bertz CT molecular complexity index is 461. The number of nitrogens with zero attached hydrogens (tertiary/aromatic N) is 1. The van der Waals surface area contributed by atoms with E-state index in [1.807, 2.05) is 13.0 Å². The van der Waals surface area contributed by atoms with Crippen LogP contribution in [0.1, 0.15) is 30.2 Å². The predicted molar refractivity (Wildman–Crippen MR) is 79.8 cm³/mol. The van der Waals surface area contributed by atoms with Crippen molar-refractivity contribution in [3.05, 3.63) is 44.4 Å². The quantitative estimate of drug-likeness (QED) is 0.782. The first-order valence-corrected chi connectivity index (χ1v) is 7.69. The molecule has 0 aromatic carbocycles. The Morgan fingerprint density at radius 2 is 2.00 bits per heavy atom. The van der Waals surface area contributed by atoms with Crippen molar-refractivity contribution in [2.75, 3.05) is 0 Å². The van der Waals surface area contributed by atoms with Crippen LogP contribution in [0.5, 0.6) is 0 Å². The molecule has 2 rings (SSSR count). The van der Waals surface area contributed by atoms with Gasteiger partial charge in [0.1, 0.15) is 11.5 Å². The van der Waals surface area contributed by atoms with Crippen LogP contribution in [0.4, 0.5) is 0 Å². The second kappa shape index (κ2) is 6.04. The number of hydrogen-bond donors (Lipinski definition) is 0. The highest BCUT2D eigenvalue weighted by Crippen LogP contribution is 2.24. The smallest absolute Gasteiger partial charge is 0.118 e. The highest BCUT2D eigenvalue weighted by molar-refractivity contribution is 9.11. The molecule has 2 heterocycles. The SMILES string of the molecule is Cc1ccc(CN(Cc2ccc(Br)s2)C(C)C)o1. The van der Waals surface area contributed by atoms with E-state index >= 15 is 0 Å². The summed E-state index contributed by atoms with van der Waals surface area (Å²) in [5, 5.41) is 0. The molecule has 0 aliphatic carbocycles. The summed E-state index contributed by atoms with van der Waals surface area (Å²) in [6.07, 6.45) is 0. The van der Waals surface area contributed by atoms with Gasteiger partial charge in [-0.05, 0) is 61.0 Å². The van der Waals surface area contributed by atoms with E-state index in [0.717, 1.165) is 24.6 Å². The Morgan fingerprint density at radius 3 is 2.50 bits per heavy atom. The Morgan fingerprint density at radius 1 is 1.22 bits per heavy atom. The Kier molecular flexibility index (Phi) is 4.65. The summed E-state index contributed by atoms with van der Waals surface area (Å²) in [5.74, 6) is 2.02. The lowest BCUT2D eigenvalue weighted by atomic mass is 10.2. The highest BCUT2D eigenvalue weighted by Gasteiger charge is 2.13. The second-order valence-electron chi connectivity index (χ2n) is 4.72. The summed E-state index contributed by atoms with van der Waals surface area (Å²) < 4.78 is 6.85. The molecular weight excluding hydrogens is 310 g/mol. The zero-order valence-corrected chi connectivity index (χ0v) is 13.3. The molecule has 0 amide bonds. The van der Waals surface area contributed by atoms with Gasteiger partial charge >= 0.3 is 0 Å². The summed E-state index contributed by atoms with van der Waals surface area (Å²) in [6, 6.07) is 8.87. The molecule has 2 nitrogen and oxygen atoms in total. The first-order valence-electron chi connectivity index (χ1n) is 6.08. The number of halogens is 1. The van der Waals surface area contributed by atoms with Crippen molar-refractivity contribution in [2.45, 2.75) is 39.9 Å². The molecule has 18 heavy (non-hydrogen) atoms. The molecule has 0 aliphatic rings. The van der Waals surface area contributed by atoms with E-state index in [4.69, 9.17) is 4.42 Å². The van der Waals surface area contributed by atoms with Gasteiger partial charge in [0, 0.05) is 17.5 Å². The van der Waals surface area contributed by atoms with E-state index in [2.05, 4.69) is 52.9 Å². The maximum atomic E-state index is 5.66. The molecule has 2 aromatic rings. The number of furan rings is 1. The Hall–Kier alpha value is -0.580. The lowest BCUT2D eigenvalue weighted by Gasteiger charge is -2.24. The first kappa shape index (κ1) is 13.8. The third-order valence-electron chi connectivity index (χ3n) is 2.87. The van der Waals surface area contributed by atoms with Crippen molar-refractivity contribution in [1.29, 1.82) is 0 Å². The molecule has 0 radical (unpaired) electrons. The second-order valence-corrected chi connectivity index (χ2v) is 7.26. The van der Waals surface area contributed by atoms with Crippen LogP contribution in [0.3, 0.4) is 0 Å². The fraction of sp³-hybridized carbons (Fsp3) is 0.429. The lowest BCUT2D eigenvalue weighted by Crippen LogP contribution is -2.29. The van der Waals surface area contributed by atoms with Crippen molar-refractivity contribution in [2.24, 2.45) is 0 Å². The first-order chi connectivity index (χ1) is 8.54. The molecule has 0 unspecified atom stereocenters. The van der Waals surface area contributed by atoms with Crippen LogP contribution in [0.25, 0.3) is 0 Å². The van der Waals surface area contributed by atoms with E-state index in [1.54, 1.807) is 11.3 Å². The van der Waals surface area contributed by atoms with Gasteiger partial charge in [-0.3, -0.25) is 4.90 Å². The normalized spacial score (nSPS) is 11.7. The van der Waals surface area contributed by atoms with Crippen LogP contribution in [0, 0.1) is 6.92 Å². The van der Waals surface area contributed by atoms with E-state index < -0.39 is 0 Å². The molecule has 0 saturated carbocycles. The van der Waals surface area contributed by atoms with Crippen LogP contribution >= 0.6 is 27.3 Å². The molecule has 0 aliphatic heterocycles. The maximum Gasteiger partial charge on any atom is 0.118 e. The highest BCUT2D eigenvalue weighted by atomic mass is 79.9. The van der Waals surface area contributed by atoms with Crippen molar-refractivity contribution in [3.8, 4) is 0 Å². The zero-order valence-electron chi connectivity index (χ0n) is 10.9. The maximum absolute atomic E-state index is 5.66. The predicted octanol–water partition coefficient (Wildman–Crippen LogP) is 4.82. The van der Waals surface area contributed by atoms with Gasteiger partial charge in [-0.15, -0.1) is 11.3 Å². The number of thiophene rings is 1. The van der Waals surface area contributed by atoms with Gasteiger partial charge in [0.05, 0.1) is 10.3 Å². The minimum atomic E-state index is 0.497. The van der Waals surface area contributed by atoms with Gasteiger partial charge < -0.3 is 4.42 Å². The van der Waals surface area contributed by atoms with Crippen LogP contribution in [-0.4, -0.2) is 10.9 Å². The Labute approximate surface area is 121 Å². The summed E-state index contributed by atoms with van der Waals surface area (Å²) in [5.41, 5.74) is 0. The largest absolute Gasteiger partial charge is 0.465 e. The summed E-state index contributed by atoms with van der Waals surface area (Å²) >= 11 is 5.30. The number of hydrogen-bond acceptors (Lipinski definition) is 3. The van der Waals surface area contributed by atoms with Crippen LogP contribution in [-0.2, 0) is 13.1 Å². The Balaban J connectivity index is 2.04. The van der Waals surface area contributed by atoms with E-state index in [0.29, 0.717) is 6.04 Å². The van der Waals surface area contributed by atoms with E-state index in [1.165, 1.54) is 8.66 Å². The summed E-state index contributed by atoms with van der Waals surface area (Å²) in [4.78, 5) is 3.79. The van der Waals surface area contributed by atoms with Crippen LogP contribution < -0.4 is 0 Å². The van der Waals surface area contributed by atoms with Crippen molar-refractivity contribution in [3.63, 3.8) is 0 Å². The third-order valence-corrected chi connectivity index (χ3v) is 4.48. The lowest BCUT2D eigenvalue weighted by molar-refractivity contribution is 0.188. The fourth-order valence-electron chi connectivity index (χ4n) is 1.83. The summed E-state index contributed by atoms with van der Waals surface area (Å²) in [6.45, 7) is 8.26. The van der Waals surface area contributed by atoms with E-state index in [-0.39, 0.29) is 0 Å². The van der Waals surface area contributed by atoms with Gasteiger partial charge in [0.2, 0.25) is 0 Å². The van der Waals surface area contributed by atoms with Gasteiger partial charge in [0.25, 0.3) is 0 Å². The van der Waals surface area contributed by atoms with Gasteiger partial charge in [-0.2, -0.15) is 0 Å². The molecule has 4 heteroatoms. The van der Waals surface area contributed by atoms with E-state index in [9.17, 15) is 0 Å². The molecular formula is C14H18BrNOS. The molecule has 0 N–H and O–H groups in total.